The average molecular weight is 378 g/mol. The Kier molecular flexibility index (Phi) is 4.24. The van der Waals surface area contributed by atoms with Gasteiger partial charge in [0.15, 0.2) is 0 Å². The number of rotatable bonds is 4. The molecule has 18 heavy (non-hydrogen) atoms. The second-order valence-electron chi connectivity index (χ2n) is 3.82. The van der Waals surface area contributed by atoms with Crippen LogP contribution in [0.5, 0.6) is 0 Å². The Morgan fingerprint density at radius 3 is 2.44 bits per heavy atom. The van der Waals surface area contributed by atoms with Gasteiger partial charge >= 0.3 is 116 Å². The van der Waals surface area contributed by atoms with Crippen LogP contribution in [0.15, 0.2) is 42.5 Å². The van der Waals surface area contributed by atoms with Crippen molar-refractivity contribution in [1.82, 2.24) is 0 Å². The maximum absolute atomic E-state index is 11.3. The van der Waals surface area contributed by atoms with E-state index in [1.807, 2.05) is 49.4 Å². The standard InChI is InChI=1S/C13H15IO3S/c1-3-14(17-18(2,15)16)13-10-6-8-11-7-4-5-9-12(11)13/h4-10H,3H2,1-2H3. The minimum absolute atomic E-state index is 0.769. The second-order valence-corrected chi connectivity index (χ2v) is 10.9. The fourth-order valence-electron chi connectivity index (χ4n) is 1.73. The molecule has 0 fully saturated rings. The molecule has 3 nitrogen and oxygen atoms in total. The molecule has 0 heterocycles. The van der Waals surface area contributed by atoms with Gasteiger partial charge in [-0.25, -0.2) is 0 Å². The van der Waals surface area contributed by atoms with Crippen molar-refractivity contribution in [3.05, 3.63) is 46.0 Å². The van der Waals surface area contributed by atoms with Gasteiger partial charge in [-0.1, -0.05) is 0 Å². The van der Waals surface area contributed by atoms with Crippen molar-refractivity contribution >= 4 is 41.1 Å². The van der Waals surface area contributed by atoms with Crippen LogP contribution in [-0.4, -0.2) is 19.1 Å². The summed E-state index contributed by atoms with van der Waals surface area (Å²) in [5.41, 5.74) is 0. The molecule has 0 aliphatic heterocycles. The van der Waals surface area contributed by atoms with Crippen molar-refractivity contribution in [1.29, 1.82) is 0 Å². The van der Waals surface area contributed by atoms with Gasteiger partial charge in [-0.2, -0.15) is 0 Å². The Labute approximate surface area is 115 Å². The molecule has 0 bridgehead atoms. The molecule has 0 aromatic heterocycles. The Morgan fingerprint density at radius 1 is 1.11 bits per heavy atom. The molecule has 98 valence electrons. The number of hydrogen-bond donors (Lipinski definition) is 0. The molecule has 0 amide bonds. The Balaban J connectivity index is 2.51. The fourth-order valence-corrected chi connectivity index (χ4v) is 8.44. The summed E-state index contributed by atoms with van der Waals surface area (Å²) in [5, 5.41) is 2.23. The third-order valence-electron chi connectivity index (χ3n) is 2.40. The zero-order valence-electron chi connectivity index (χ0n) is 10.3. The van der Waals surface area contributed by atoms with Crippen LogP contribution in [0.25, 0.3) is 10.8 Å². The van der Waals surface area contributed by atoms with E-state index in [1.54, 1.807) is 0 Å². The van der Waals surface area contributed by atoms with Crippen molar-refractivity contribution in [3.8, 4) is 0 Å². The van der Waals surface area contributed by atoms with E-state index in [1.165, 1.54) is 0 Å². The van der Waals surface area contributed by atoms with Crippen LogP contribution in [0.2, 0.25) is 0 Å². The summed E-state index contributed by atoms with van der Waals surface area (Å²) in [7, 11) is -3.38. The van der Waals surface area contributed by atoms with Gasteiger partial charge in [0.25, 0.3) is 0 Å². The summed E-state index contributed by atoms with van der Waals surface area (Å²) in [6, 6.07) is 14.0. The molecule has 2 rings (SSSR count). The zero-order valence-corrected chi connectivity index (χ0v) is 13.2. The van der Waals surface area contributed by atoms with E-state index in [0.717, 1.165) is 25.0 Å². The molecule has 0 aliphatic carbocycles. The molecule has 0 unspecified atom stereocenters. The zero-order chi connectivity index (χ0) is 13.2. The molecule has 0 saturated heterocycles. The summed E-state index contributed by atoms with van der Waals surface area (Å²) in [4.78, 5) is 0. The molecule has 0 saturated carbocycles. The van der Waals surface area contributed by atoms with Gasteiger partial charge in [-0.05, 0) is 0 Å². The Bertz CT molecular complexity index is 647. The van der Waals surface area contributed by atoms with E-state index in [-0.39, 0.29) is 0 Å². The third kappa shape index (κ3) is 3.21. The fraction of sp³-hybridized carbons (Fsp3) is 0.231. The van der Waals surface area contributed by atoms with E-state index >= 15 is 0 Å². The van der Waals surface area contributed by atoms with Crippen molar-refractivity contribution in [3.63, 3.8) is 0 Å². The molecule has 2 aromatic rings. The first-order valence-electron chi connectivity index (χ1n) is 5.55. The van der Waals surface area contributed by atoms with Crippen LogP contribution < -0.4 is 0 Å². The normalized spacial score (nSPS) is 12.7. The summed E-state index contributed by atoms with van der Waals surface area (Å²) in [6.45, 7) is 1.98. The van der Waals surface area contributed by atoms with Crippen LogP contribution in [0.4, 0.5) is 0 Å². The van der Waals surface area contributed by atoms with E-state index in [2.05, 4.69) is 0 Å². The van der Waals surface area contributed by atoms with Crippen LogP contribution in [0.1, 0.15) is 6.92 Å². The number of alkyl halides is 1. The molecule has 0 radical (unpaired) electrons. The summed E-state index contributed by atoms with van der Waals surface area (Å²) in [5.74, 6) is 0. The van der Waals surface area contributed by atoms with Gasteiger partial charge in [0.05, 0.1) is 0 Å². The first-order valence-corrected chi connectivity index (χ1v) is 10.8. The Morgan fingerprint density at radius 2 is 1.78 bits per heavy atom. The minimum atomic E-state index is -3.38. The molecule has 0 spiro atoms. The van der Waals surface area contributed by atoms with Crippen molar-refractivity contribution in [2.45, 2.75) is 6.92 Å². The van der Waals surface area contributed by atoms with Crippen LogP contribution in [0, 0.1) is 3.57 Å². The second kappa shape index (κ2) is 5.54. The monoisotopic (exact) mass is 378 g/mol. The summed E-state index contributed by atoms with van der Waals surface area (Å²) < 4.78 is 29.8. The van der Waals surface area contributed by atoms with E-state index in [4.69, 9.17) is 2.51 Å². The molecule has 0 N–H and O–H groups in total. The van der Waals surface area contributed by atoms with Crippen LogP contribution in [-0.2, 0) is 12.6 Å². The summed E-state index contributed by atoms with van der Waals surface area (Å²) >= 11 is -2.13. The molecular weight excluding hydrogens is 363 g/mol. The van der Waals surface area contributed by atoms with Crippen molar-refractivity contribution in [2.24, 2.45) is 0 Å². The van der Waals surface area contributed by atoms with Gasteiger partial charge in [-0.3, -0.25) is 0 Å². The number of hydrogen-bond acceptors (Lipinski definition) is 3. The van der Waals surface area contributed by atoms with Gasteiger partial charge in [0.1, 0.15) is 0 Å². The van der Waals surface area contributed by atoms with Crippen LogP contribution in [0.3, 0.4) is 0 Å². The quantitative estimate of drug-likeness (QED) is 0.605. The van der Waals surface area contributed by atoms with Gasteiger partial charge in [-0.15, -0.1) is 0 Å². The number of halogens is 1. The van der Waals surface area contributed by atoms with Gasteiger partial charge in [0, 0.05) is 0 Å². The number of benzene rings is 2. The predicted octanol–water partition coefficient (Wildman–Crippen LogP) is 3.43. The van der Waals surface area contributed by atoms with Gasteiger partial charge in [0.2, 0.25) is 0 Å². The molecule has 0 atom stereocenters. The maximum atomic E-state index is 11.3. The van der Waals surface area contributed by atoms with Crippen LogP contribution >= 0.6 is 20.2 Å². The Hall–Kier alpha value is -0.660. The van der Waals surface area contributed by atoms with Crippen molar-refractivity contribution < 1.29 is 10.9 Å². The van der Waals surface area contributed by atoms with Crippen molar-refractivity contribution in [2.75, 3.05) is 10.7 Å². The topological polar surface area (TPSA) is 43.4 Å². The predicted molar refractivity (Wildman–Crippen MR) is 83.1 cm³/mol. The van der Waals surface area contributed by atoms with E-state index in [9.17, 15) is 8.42 Å². The first-order chi connectivity index (χ1) is 8.51. The molecule has 0 aliphatic rings. The average Bonchev–Trinajstić information content (AvgIpc) is 2.34. The SMILES string of the molecule is CCI(OS(C)(=O)=O)c1cccc2ccccc12. The van der Waals surface area contributed by atoms with E-state index in [0.29, 0.717) is 0 Å². The first kappa shape index (κ1) is 13.8. The summed E-state index contributed by atoms with van der Waals surface area (Å²) in [6.07, 6.45) is 1.12. The molecule has 2 aromatic carbocycles. The third-order valence-corrected chi connectivity index (χ3v) is 9.66. The number of fused-ring (bicyclic) bond motifs is 1. The van der Waals surface area contributed by atoms with Gasteiger partial charge < -0.3 is 0 Å². The molecule has 5 heteroatoms. The van der Waals surface area contributed by atoms with E-state index < -0.39 is 30.4 Å². The molecular formula is C13H15IO3S.